The van der Waals surface area contributed by atoms with E-state index in [1.165, 1.54) is 11.8 Å². The summed E-state index contributed by atoms with van der Waals surface area (Å²) in [4.78, 5) is 16.6. The van der Waals surface area contributed by atoms with Gasteiger partial charge in [-0.3, -0.25) is 9.89 Å². The SMILES string of the molecule is C/C=C\C=C/C(S)c1nc(SC(C)C(=O)Nc2ccccc2)n[nH]1. The topological polar surface area (TPSA) is 70.7 Å². The van der Waals surface area contributed by atoms with Crippen molar-refractivity contribution in [2.45, 2.75) is 29.5 Å². The summed E-state index contributed by atoms with van der Waals surface area (Å²) in [5.41, 5.74) is 0.773. The van der Waals surface area contributed by atoms with Crippen molar-refractivity contribution >= 4 is 36.0 Å². The molecule has 0 radical (unpaired) electrons. The van der Waals surface area contributed by atoms with Gasteiger partial charge in [0, 0.05) is 5.69 Å². The Hall–Kier alpha value is -1.99. The summed E-state index contributed by atoms with van der Waals surface area (Å²) in [6, 6.07) is 9.36. The Labute approximate surface area is 151 Å². The number of para-hydroxylation sites is 1. The molecular formula is C17H20N4OS2. The number of anilines is 1. The highest BCUT2D eigenvalue weighted by atomic mass is 32.2. The molecule has 1 heterocycles. The molecule has 2 aromatic rings. The number of hydrogen-bond donors (Lipinski definition) is 3. The lowest BCUT2D eigenvalue weighted by Crippen LogP contribution is -2.22. The van der Waals surface area contributed by atoms with Gasteiger partial charge in [0.05, 0.1) is 10.5 Å². The second-order valence-corrected chi connectivity index (χ2v) is 6.84. The Morgan fingerprint density at radius 3 is 2.79 bits per heavy atom. The number of allylic oxidation sites excluding steroid dienone is 3. The van der Waals surface area contributed by atoms with Crippen molar-refractivity contribution in [1.29, 1.82) is 0 Å². The molecule has 7 heteroatoms. The van der Waals surface area contributed by atoms with Crippen molar-refractivity contribution in [2.75, 3.05) is 5.32 Å². The molecule has 0 aliphatic rings. The predicted molar refractivity (Wildman–Crippen MR) is 102 cm³/mol. The third-order valence-corrected chi connectivity index (χ3v) is 4.43. The molecule has 24 heavy (non-hydrogen) atoms. The summed E-state index contributed by atoms with van der Waals surface area (Å²) < 4.78 is 0. The number of thioether (sulfide) groups is 1. The number of aromatic amines is 1. The van der Waals surface area contributed by atoms with Gasteiger partial charge in [-0.15, -0.1) is 5.10 Å². The highest BCUT2D eigenvalue weighted by molar-refractivity contribution is 8.00. The van der Waals surface area contributed by atoms with Crippen LogP contribution in [0.15, 0.2) is 59.8 Å². The average Bonchev–Trinajstić information content (AvgIpc) is 3.04. The number of nitrogens with one attached hydrogen (secondary N) is 2. The number of rotatable bonds is 7. The van der Waals surface area contributed by atoms with Crippen LogP contribution in [0.5, 0.6) is 0 Å². The number of benzene rings is 1. The summed E-state index contributed by atoms with van der Waals surface area (Å²) in [5, 5.41) is 9.91. The molecule has 2 rings (SSSR count). The molecule has 0 saturated carbocycles. The second-order valence-electron chi connectivity index (χ2n) is 4.97. The number of H-pyrrole nitrogens is 1. The van der Waals surface area contributed by atoms with E-state index in [0.29, 0.717) is 11.0 Å². The Bertz CT molecular complexity index is 712. The summed E-state index contributed by atoms with van der Waals surface area (Å²) in [7, 11) is 0. The van der Waals surface area contributed by atoms with Gasteiger partial charge in [0.2, 0.25) is 11.1 Å². The molecule has 1 amide bonds. The lowest BCUT2D eigenvalue weighted by Gasteiger charge is -2.09. The number of hydrogen-bond acceptors (Lipinski definition) is 5. The molecule has 0 bridgehead atoms. The Balaban J connectivity index is 1.92. The van der Waals surface area contributed by atoms with Crippen LogP contribution in [0.25, 0.3) is 0 Å². The van der Waals surface area contributed by atoms with E-state index in [4.69, 9.17) is 0 Å². The molecule has 2 unspecified atom stereocenters. The Morgan fingerprint density at radius 2 is 2.08 bits per heavy atom. The normalized spacial score (nSPS) is 14.1. The van der Waals surface area contributed by atoms with Gasteiger partial charge < -0.3 is 5.32 Å². The van der Waals surface area contributed by atoms with E-state index in [2.05, 4.69) is 33.1 Å². The summed E-state index contributed by atoms with van der Waals surface area (Å²) in [6.07, 6.45) is 7.67. The quantitative estimate of drug-likeness (QED) is 0.396. The van der Waals surface area contributed by atoms with Gasteiger partial charge in [0.25, 0.3) is 0 Å². The van der Waals surface area contributed by atoms with Crippen molar-refractivity contribution in [2.24, 2.45) is 0 Å². The van der Waals surface area contributed by atoms with Crippen LogP contribution < -0.4 is 5.32 Å². The fourth-order valence-electron chi connectivity index (χ4n) is 1.79. The average molecular weight is 361 g/mol. The molecule has 0 aliphatic heterocycles. The van der Waals surface area contributed by atoms with Gasteiger partial charge in [-0.1, -0.05) is 54.3 Å². The van der Waals surface area contributed by atoms with E-state index in [1.54, 1.807) is 0 Å². The number of carbonyl (C=O) groups is 1. The van der Waals surface area contributed by atoms with Gasteiger partial charge in [-0.25, -0.2) is 4.98 Å². The number of aromatic nitrogens is 3. The maximum Gasteiger partial charge on any atom is 0.237 e. The minimum Gasteiger partial charge on any atom is -0.325 e. The van der Waals surface area contributed by atoms with Gasteiger partial charge in [-0.2, -0.15) is 12.6 Å². The number of thiol groups is 1. The van der Waals surface area contributed by atoms with E-state index >= 15 is 0 Å². The fourth-order valence-corrected chi connectivity index (χ4v) is 2.74. The molecule has 0 fully saturated rings. The molecule has 0 spiro atoms. The number of amides is 1. The predicted octanol–water partition coefficient (Wildman–Crippen LogP) is 4.03. The summed E-state index contributed by atoms with van der Waals surface area (Å²) >= 11 is 5.76. The van der Waals surface area contributed by atoms with Gasteiger partial charge >= 0.3 is 0 Å². The van der Waals surface area contributed by atoms with Crippen molar-refractivity contribution in [1.82, 2.24) is 15.2 Å². The standard InChI is InChI=1S/C17H20N4OS2/c1-3-4-6-11-14(23)15-19-17(21-20-15)24-12(2)16(22)18-13-9-7-5-8-10-13/h3-12,14,23H,1-2H3,(H,18,22)(H,19,20,21)/b4-3-,11-6-. The van der Waals surface area contributed by atoms with Crippen LogP contribution in [0.4, 0.5) is 5.69 Å². The number of carbonyl (C=O) groups excluding carboxylic acids is 1. The third kappa shape index (κ3) is 5.58. The molecule has 0 aliphatic carbocycles. The van der Waals surface area contributed by atoms with Crippen LogP contribution in [0.1, 0.15) is 24.9 Å². The van der Waals surface area contributed by atoms with Crippen molar-refractivity contribution in [3.05, 3.63) is 60.5 Å². The van der Waals surface area contributed by atoms with Gasteiger partial charge in [0.1, 0.15) is 5.82 Å². The number of nitrogens with zero attached hydrogens (tertiary/aromatic N) is 2. The lowest BCUT2D eigenvalue weighted by atomic mass is 10.3. The van der Waals surface area contributed by atoms with Crippen molar-refractivity contribution in [3.8, 4) is 0 Å². The second kappa shape index (κ2) is 9.34. The molecule has 0 saturated heterocycles. The van der Waals surface area contributed by atoms with E-state index in [0.717, 1.165) is 5.69 Å². The first-order chi connectivity index (χ1) is 11.6. The molecule has 126 valence electrons. The van der Waals surface area contributed by atoms with E-state index in [1.807, 2.05) is 68.5 Å². The zero-order chi connectivity index (χ0) is 17.4. The highest BCUT2D eigenvalue weighted by Crippen LogP contribution is 2.24. The van der Waals surface area contributed by atoms with Crippen LogP contribution >= 0.6 is 24.4 Å². The first-order valence-corrected chi connectivity index (χ1v) is 8.92. The zero-order valence-corrected chi connectivity index (χ0v) is 15.2. The molecule has 1 aromatic carbocycles. The van der Waals surface area contributed by atoms with Gasteiger partial charge in [-0.05, 0) is 26.0 Å². The summed E-state index contributed by atoms with van der Waals surface area (Å²) in [6.45, 7) is 3.77. The van der Waals surface area contributed by atoms with Crippen LogP contribution in [0, 0.1) is 0 Å². The lowest BCUT2D eigenvalue weighted by molar-refractivity contribution is -0.115. The Morgan fingerprint density at radius 1 is 1.33 bits per heavy atom. The van der Waals surface area contributed by atoms with Crippen LogP contribution in [0.3, 0.4) is 0 Å². The fraction of sp³-hybridized carbons (Fsp3) is 0.235. The third-order valence-electron chi connectivity index (χ3n) is 3.05. The van der Waals surface area contributed by atoms with E-state index in [9.17, 15) is 4.79 Å². The maximum absolute atomic E-state index is 12.2. The summed E-state index contributed by atoms with van der Waals surface area (Å²) in [5.74, 6) is 0.560. The molecule has 1 aromatic heterocycles. The minimum absolute atomic E-state index is 0.0899. The highest BCUT2D eigenvalue weighted by Gasteiger charge is 2.18. The van der Waals surface area contributed by atoms with Crippen LogP contribution in [-0.4, -0.2) is 26.3 Å². The first kappa shape index (κ1) is 18.4. The zero-order valence-electron chi connectivity index (χ0n) is 13.5. The Kier molecular flexibility index (Phi) is 7.14. The monoisotopic (exact) mass is 360 g/mol. The molecule has 2 atom stereocenters. The minimum atomic E-state index is -0.314. The van der Waals surface area contributed by atoms with Gasteiger partial charge in [0.15, 0.2) is 0 Å². The van der Waals surface area contributed by atoms with Crippen LogP contribution in [-0.2, 0) is 4.79 Å². The first-order valence-electron chi connectivity index (χ1n) is 7.52. The maximum atomic E-state index is 12.2. The largest absolute Gasteiger partial charge is 0.325 e. The van der Waals surface area contributed by atoms with Crippen molar-refractivity contribution in [3.63, 3.8) is 0 Å². The molecule has 2 N–H and O–H groups in total. The molecular weight excluding hydrogens is 340 g/mol. The van der Waals surface area contributed by atoms with Crippen LogP contribution in [0.2, 0.25) is 0 Å². The smallest absolute Gasteiger partial charge is 0.237 e. The van der Waals surface area contributed by atoms with E-state index < -0.39 is 0 Å². The van der Waals surface area contributed by atoms with Crippen molar-refractivity contribution < 1.29 is 4.79 Å². The van der Waals surface area contributed by atoms with E-state index in [-0.39, 0.29) is 16.4 Å². The molecule has 5 nitrogen and oxygen atoms in total.